The van der Waals surface area contributed by atoms with Gasteiger partial charge in [-0.15, -0.1) is 0 Å². The fourth-order valence-corrected chi connectivity index (χ4v) is 5.77. The number of nitrogens with one attached hydrogen (secondary N) is 1. The fourth-order valence-electron chi connectivity index (χ4n) is 5.48. The number of carbonyl (C=O) groups excluding carboxylic acids is 2. The number of halogens is 1. The van der Waals surface area contributed by atoms with Crippen molar-refractivity contribution in [2.75, 3.05) is 38.3 Å². The number of nitrogens with zero attached hydrogens (tertiary/aromatic N) is 1. The highest BCUT2D eigenvalue weighted by molar-refractivity contribution is 6.31. The number of anilines is 1. The van der Waals surface area contributed by atoms with E-state index in [0.717, 1.165) is 35.6 Å². The molecule has 0 spiro atoms. The number of morpholine rings is 1. The lowest BCUT2D eigenvalue weighted by Crippen LogP contribution is -2.36. The van der Waals surface area contributed by atoms with Crippen LogP contribution in [0, 0.1) is 0 Å². The summed E-state index contributed by atoms with van der Waals surface area (Å²) in [6.45, 7) is 4.98. The quantitative estimate of drug-likeness (QED) is 0.623. The molecule has 7 heteroatoms. The third-order valence-corrected chi connectivity index (χ3v) is 7.52. The van der Waals surface area contributed by atoms with Gasteiger partial charge in [0.15, 0.2) is 5.78 Å². The van der Waals surface area contributed by atoms with E-state index in [1.165, 1.54) is 7.11 Å². The van der Waals surface area contributed by atoms with Crippen LogP contribution in [0.15, 0.2) is 71.1 Å². The first-order chi connectivity index (χ1) is 17.0. The molecule has 2 heterocycles. The first-order valence-electron chi connectivity index (χ1n) is 12.0. The maximum absolute atomic E-state index is 13.6. The van der Waals surface area contributed by atoms with Gasteiger partial charge < -0.3 is 19.7 Å². The fraction of sp³-hybridized carbons (Fsp3) is 0.357. The predicted molar refractivity (Wildman–Crippen MR) is 136 cm³/mol. The molecule has 2 unspecified atom stereocenters. The summed E-state index contributed by atoms with van der Waals surface area (Å²) in [5.74, 6) is -0.888. The zero-order valence-electron chi connectivity index (χ0n) is 20.0. The number of dihydropyridines is 1. The van der Waals surface area contributed by atoms with Gasteiger partial charge in [-0.3, -0.25) is 4.79 Å². The van der Waals surface area contributed by atoms with Crippen LogP contribution in [0.5, 0.6) is 0 Å². The Morgan fingerprint density at radius 1 is 1.09 bits per heavy atom. The predicted octanol–water partition coefficient (Wildman–Crippen LogP) is 4.71. The lowest BCUT2D eigenvalue weighted by atomic mass is 9.71. The number of ether oxygens (including phenoxy) is 2. The van der Waals surface area contributed by atoms with Gasteiger partial charge in [0.2, 0.25) is 0 Å². The Bertz CT molecular complexity index is 1210. The van der Waals surface area contributed by atoms with Crippen LogP contribution in [0.1, 0.15) is 42.7 Å². The highest BCUT2D eigenvalue weighted by Gasteiger charge is 2.41. The topological polar surface area (TPSA) is 67.9 Å². The van der Waals surface area contributed by atoms with E-state index >= 15 is 0 Å². The van der Waals surface area contributed by atoms with Gasteiger partial charge in [0, 0.05) is 53.1 Å². The Morgan fingerprint density at radius 3 is 2.49 bits per heavy atom. The van der Waals surface area contributed by atoms with Crippen LogP contribution >= 0.6 is 11.6 Å². The third-order valence-electron chi connectivity index (χ3n) is 7.18. The molecule has 0 aromatic heterocycles. The molecular weight excluding hydrogens is 464 g/mol. The molecule has 0 amide bonds. The van der Waals surface area contributed by atoms with Crippen LogP contribution in [0.2, 0.25) is 5.02 Å². The second-order valence-electron chi connectivity index (χ2n) is 9.22. The van der Waals surface area contributed by atoms with Gasteiger partial charge in [-0.1, -0.05) is 41.9 Å². The van der Waals surface area contributed by atoms with Crippen molar-refractivity contribution in [2.45, 2.75) is 31.6 Å². The lowest BCUT2D eigenvalue weighted by molar-refractivity contribution is -0.136. The summed E-state index contributed by atoms with van der Waals surface area (Å²) < 4.78 is 10.6. The molecule has 0 saturated carbocycles. The highest BCUT2D eigenvalue weighted by Crippen LogP contribution is 2.46. The van der Waals surface area contributed by atoms with Gasteiger partial charge in [-0.25, -0.2) is 4.79 Å². The smallest absolute Gasteiger partial charge is 0.336 e. The van der Waals surface area contributed by atoms with E-state index in [9.17, 15) is 9.59 Å². The number of hydrogen-bond donors (Lipinski definition) is 1. The van der Waals surface area contributed by atoms with E-state index in [1.807, 2.05) is 43.3 Å². The number of benzene rings is 2. The number of carbonyl (C=O) groups is 2. The van der Waals surface area contributed by atoms with Gasteiger partial charge in [0.1, 0.15) is 0 Å². The largest absolute Gasteiger partial charge is 0.466 e. The maximum Gasteiger partial charge on any atom is 0.336 e. The molecule has 5 rings (SSSR count). The SMILES string of the molecule is COC(=O)C1=C(C)NC2=C(C(=O)CC(c3ccccc3Cl)C2)C1c1ccc(N2CCOCC2)cc1. The number of methoxy groups -OCH3 is 1. The molecule has 1 N–H and O–H groups in total. The minimum Gasteiger partial charge on any atom is -0.466 e. The van der Waals surface area contributed by atoms with E-state index < -0.39 is 11.9 Å². The molecule has 0 radical (unpaired) electrons. The molecule has 2 aliphatic heterocycles. The summed E-state index contributed by atoms with van der Waals surface area (Å²) in [6, 6.07) is 15.9. The van der Waals surface area contributed by atoms with Crippen LogP contribution < -0.4 is 10.2 Å². The summed E-state index contributed by atoms with van der Waals surface area (Å²) in [7, 11) is 1.38. The Labute approximate surface area is 210 Å². The number of hydrogen-bond acceptors (Lipinski definition) is 6. The molecule has 2 aromatic rings. The van der Waals surface area contributed by atoms with Crippen LogP contribution in [0.4, 0.5) is 5.69 Å². The summed E-state index contributed by atoms with van der Waals surface area (Å²) in [6.07, 6.45) is 0.999. The Kier molecular flexibility index (Phi) is 6.67. The molecule has 6 nitrogen and oxygen atoms in total. The van der Waals surface area contributed by atoms with Gasteiger partial charge in [-0.2, -0.15) is 0 Å². The molecule has 0 bridgehead atoms. The maximum atomic E-state index is 13.6. The normalized spacial score (nSPS) is 22.6. The zero-order chi connectivity index (χ0) is 24.5. The first-order valence-corrected chi connectivity index (χ1v) is 12.3. The third kappa shape index (κ3) is 4.48. The molecule has 35 heavy (non-hydrogen) atoms. The average molecular weight is 493 g/mol. The van der Waals surface area contributed by atoms with Crippen LogP contribution in [0.25, 0.3) is 0 Å². The molecule has 182 valence electrons. The number of allylic oxidation sites excluding steroid dienone is 3. The number of esters is 1. The van der Waals surface area contributed by atoms with Crippen LogP contribution in [-0.4, -0.2) is 45.2 Å². The Hall–Kier alpha value is -3.09. The second kappa shape index (κ2) is 9.88. The summed E-state index contributed by atoms with van der Waals surface area (Å²) in [4.78, 5) is 28.8. The van der Waals surface area contributed by atoms with Gasteiger partial charge in [-0.05, 0) is 48.6 Å². The molecule has 1 aliphatic carbocycles. The summed E-state index contributed by atoms with van der Waals surface area (Å²) >= 11 is 6.47. The highest BCUT2D eigenvalue weighted by atomic mass is 35.5. The monoisotopic (exact) mass is 492 g/mol. The number of rotatable bonds is 4. The Morgan fingerprint density at radius 2 is 1.80 bits per heavy atom. The first kappa shape index (κ1) is 23.6. The van der Waals surface area contributed by atoms with Crippen molar-refractivity contribution in [2.24, 2.45) is 0 Å². The molecule has 3 aliphatic rings. The van der Waals surface area contributed by atoms with E-state index in [2.05, 4.69) is 22.3 Å². The van der Waals surface area contributed by atoms with Crippen LogP contribution in [-0.2, 0) is 19.1 Å². The van der Waals surface area contributed by atoms with Crippen LogP contribution in [0.3, 0.4) is 0 Å². The standard InChI is InChI=1S/C28H29ClN2O4/c1-17-25(28(33)34-2)26(18-7-9-20(10-8-18)31-11-13-35-14-12-31)27-23(30-17)15-19(16-24(27)32)21-5-3-4-6-22(21)29/h3-10,19,26,30H,11-16H2,1-2H3. The van der Waals surface area contributed by atoms with E-state index in [4.69, 9.17) is 21.1 Å². The van der Waals surface area contributed by atoms with Gasteiger partial charge in [0.25, 0.3) is 0 Å². The zero-order valence-corrected chi connectivity index (χ0v) is 20.7. The van der Waals surface area contributed by atoms with Gasteiger partial charge in [0.05, 0.1) is 25.9 Å². The van der Waals surface area contributed by atoms with Crippen molar-refractivity contribution in [3.63, 3.8) is 0 Å². The van der Waals surface area contributed by atoms with E-state index in [1.54, 1.807) is 0 Å². The summed E-state index contributed by atoms with van der Waals surface area (Å²) in [5.41, 5.74) is 5.69. The number of Topliss-reactive ketones (excluding diaryl/α,β-unsaturated/α-hetero) is 1. The van der Waals surface area contributed by atoms with Crippen molar-refractivity contribution in [1.29, 1.82) is 0 Å². The van der Waals surface area contributed by atoms with E-state index in [0.29, 0.717) is 47.9 Å². The minimum atomic E-state index is -0.475. The molecular formula is C28H29ClN2O4. The average Bonchev–Trinajstić information content (AvgIpc) is 2.88. The van der Waals surface area contributed by atoms with Crippen molar-refractivity contribution >= 4 is 29.0 Å². The molecule has 2 atom stereocenters. The van der Waals surface area contributed by atoms with Crippen molar-refractivity contribution in [3.05, 3.63) is 87.2 Å². The molecule has 1 saturated heterocycles. The van der Waals surface area contributed by atoms with Crippen molar-refractivity contribution in [3.8, 4) is 0 Å². The van der Waals surface area contributed by atoms with Gasteiger partial charge >= 0.3 is 5.97 Å². The molecule has 2 aromatic carbocycles. The van der Waals surface area contributed by atoms with Crippen molar-refractivity contribution < 1.29 is 19.1 Å². The van der Waals surface area contributed by atoms with E-state index in [-0.39, 0.29) is 11.7 Å². The second-order valence-corrected chi connectivity index (χ2v) is 9.63. The molecule has 1 fully saturated rings. The van der Waals surface area contributed by atoms with Crippen molar-refractivity contribution in [1.82, 2.24) is 5.32 Å². The Balaban J connectivity index is 1.54. The minimum absolute atomic E-state index is 0.0146. The lowest BCUT2D eigenvalue weighted by Gasteiger charge is -2.37. The summed E-state index contributed by atoms with van der Waals surface area (Å²) in [5, 5.41) is 4.04. The number of ketones is 1.